The number of pyridine rings is 1. The molecular weight excluding hydrogens is 589 g/mol. The van der Waals surface area contributed by atoms with Crippen LogP contribution in [-0.2, 0) is 9.59 Å². The number of nitrogens with zero attached hydrogens (tertiary/aromatic N) is 5. The lowest BCUT2D eigenvalue weighted by Crippen LogP contribution is -2.42. The van der Waals surface area contributed by atoms with Gasteiger partial charge < -0.3 is 11.1 Å². The van der Waals surface area contributed by atoms with E-state index in [1.54, 1.807) is 29.2 Å². The number of hydrogen-bond acceptors (Lipinski definition) is 10. The number of amides is 1. The van der Waals surface area contributed by atoms with Crippen LogP contribution in [0, 0.1) is 16.7 Å². The third kappa shape index (κ3) is 5.58. The Kier molecular flexibility index (Phi) is 7.88. The highest BCUT2D eigenvalue weighted by Crippen LogP contribution is 2.51. The Labute approximate surface area is 249 Å². The van der Waals surface area contributed by atoms with E-state index >= 15 is 0 Å². The van der Waals surface area contributed by atoms with Crippen LogP contribution in [0.2, 0.25) is 10.0 Å². The Hall–Kier alpha value is -3.43. The van der Waals surface area contributed by atoms with Gasteiger partial charge in [-0.1, -0.05) is 78.3 Å². The zero-order valence-corrected chi connectivity index (χ0v) is 24.6. The standard InChI is InChI=1S/C27H23Cl2N7O2S2/c1-27(2)9-18-23(19(37)10-27)22(15-5-3-4-6-17(15)29)16(11-30)24(31)36(18)25-34-35-26(40-25)39-13-21(38)33-20-8-7-14(28)12-32-20/h3-8,12,22H,9-10,13,31H2,1-2H3,(H,32,33,38). The van der Waals surface area contributed by atoms with Gasteiger partial charge in [0.1, 0.15) is 11.6 Å². The molecule has 9 nitrogen and oxygen atoms in total. The summed E-state index contributed by atoms with van der Waals surface area (Å²) in [4.78, 5) is 31.8. The van der Waals surface area contributed by atoms with Crippen molar-refractivity contribution in [2.24, 2.45) is 11.1 Å². The maximum Gasteiger partial charge on any atom is 0.235 e. The van der Waals surface area contributed by atoms with Crippen molar-refractivity contribution in [3.05, 3.63) is 80.9 Å². The van der Waals surface area contributed by atoms with E-state index in [9.17, 15) is 14.9 Å². The van der Waals surface area contributed by atoms with Crippen LogP contribution in [0.15, 0.2) is 69.6 Å². The monoisotopic (exact) mass is 611 g/mol. The van der Waals surface area contributed by atoms with Crippen LogP contribution in [0.5, 0.6) is 0 Å². The van der Waals surface area contributed by atoms with Crippen LogP contribution in [0.3, 0.4) is 0 Å². The molecule has 0 spiro atoms. The maximum absolute atomic E-state index is 13.6. The molecule has 1 aliphatic carbocycles. The number of Topliss-reactive ketones (excluding diaryl/α,β-unsaturated/α-hetero) is 1. The fourth-order valence-electron chi connectivity index (χ4n) is 4.85. The molecule has 204 valence electrons. The fraction of sp³-hybridized carbons (Fsp3) is 0.259. The number of carbonyl (C=O) groups excluding carboxylic acids is 2. The topological polar surface area (TPSA) is 138 Å². The number of thioether (sulfide) groups is 1. The van der Waals surface area contributed by atoms with E-state index in [4.69, 9.17) is 28.9 Å². The van der Waals surface area contributed by atoms with Crippen molar-refractivity contribution in [3.8, 4) is 6.07 Å². The zero-order chi connectivity index (χ0) is 28.6. The summed E-state index contributed by atoms with van der Waals surface area (Å²) >= 11 is 14.8. The predicted molar refractivity (Wildman–Crippen MR) is 157 cm³/mol. The van der Waals surface area contributed by atoms with Gasteiger partial charge in [0.05, 0.1) is 28.3 Å². The van der Waals surface area contributed by atoms with Gasteiger partial charge in [0, 0.05) is 28.9 Å². The minimum Gasteiger partial charge on any atom is -0.384 e. The molecular formula is C27H23Cl2N7O2S2. The first-order valence-corrected chi connectivity index (χ1v) is 14.7. The molecule has 13 heteroatoms. The van der Waals surface area contributed by atoms with Gasteiger partial charge in [-0.25, -0.2) is 4.98 Å². The third-order valence-electron chi connectivity index (χ3n) is 6.51. The number of ketones is 1. The van der Waals surface area contributed by atoms with E-state index in [0.29, 0.717) is 55.0 Å². The van der Waals surface area contributed by atoms with Crippen molar-refractivity contribution in [1.82, 2.24) is 15.2 Å². The van der Waals surface area contributed by atoms with Crippen LogP contribution in [-0.4, -0.2) is 32.6 Å². The largest absolute Gasteiger partial charge is 0.384 e. The number of hydrogen-bond donors (Lipinski definition) is 2. The first-order chi connectivity index (χ1) is 19.1. The summed E-state index contributed by atoms with van der Waals surface area (Å²) in [6.07, 6.45) is 2.31. The summed E-state index contributed by atoms with van der Waals surface area (Å²) in [6.45, 7) is 4.04. The van der Waals surface area contributed by atoms with Crippen LogP contribution < -0.4 is 16.0 Å². The number of aromatic nitrogens is 3. The number of nitrogens with one attached hydrogen (secondary N) is 1. The number of benzene rings is 1. The van der Waals surface area contributed by atoms with Crippen molar-refractivity contribution < 1.29 is 9.59 Å². The quantitative estimate of drug-likeness (QED) is 0.325. The van der Waals surface area contributed by atoms with Crippen molar-refractivity contribution in [2.75, 3.05) is 16.0 Å². The first-order valence-electron chi connectivity index (χ1n) is 12.2. The Morgan fingerprint density at radius 3 is 2.73 bits per heavy atom. The molecule has 2 aromatic heterocycles. The molecule has 0 fully saturated rings. The normalized spacial score (nSPS) is 18.4. The highest BCUT2D eigenvalue weighted by Gasteiger charge is 2.45. The average Bonchev–Trinajstić information content (AvgIpc) is 3.36. The molecule has 3 heterocycles. The molecule has 1 atom stereocenters. The van der Waals surface area contributed by atoms with Crippen LogP contribution in [0.1, 0.15) is 38.2 Å². The van der Waals surface area contributed by atoms with Gasteiger partial charge in [0.2, 0.25) is 11.0 Å². The molecule has 0 saturated carbocycles. The molecule has 0 radical (unpaired) electrons. The van der Waals surface area contributed by atoms with Gasteiger partial charge in [0.25, 0.3) is 0 Å². The number of carbonyl (C=O) groups is 2. The van der Waals surface area contributed by atoms with E-state index in [1.807, 2.05) is 26.0 Å². The van der Waals surface area contributed by atoms with E-state index in [2.05, 4.69) is 26.6 Å². The molecule has 3 aromatic rings. The second-order valence-electron chi connectivity index (χ2n) is 10.1. The van der Waals surface area contributed by atoms with Crippen LogP contribution in [0.4, 0.5) is 10.9 Å². The molecule has 1 aliphatic heterocycles. The minimum atomic E-state index is -0.680. The van der Waals surface area contributed by atoms with E-state index < -0.39 is 5.92 Å². The number of halogens is 2. The van der Waals surface area contributed by atoms with E-state index in [1.165, 1.54) is 29.3 Å². The summed E-state index contributed by atoms with van der Waals surface area (Å²) in [6, 6.07) is 12.6. The van der Waals surface area contributed by atoms with Crippen LogP contribution >= 0.6 is 46.3 Å². The number of nitriles is 1. The molecule has 3 N–H and O–H groups in total. The van der Waals surface area contributed by atoms with Crippen molar-refractivity contribution in [1.29, 1.82) is 5.26 Å². The fourth-order valence-corrected chi connectivity index (χ4v) is 6.89. The maximum atomic E-state index is 13.6. The molecule has 1 amide bonds. The van der Waals surface area contributed by atoms with Gasteiger partial charge in [-0.15, -0.1) is 10.2 Å². The summed E-state index contributed by atoms with van der Waals surface area (Å²) in [5.74, 6) is -0.375. The van der Waals surface area contributed by atoms with Gasteiger partial charge in [-0.05, 0) is 35.6 Å². The average molecular weight is 613 g/mol. The molecule has 5 rings (SSSR count). The molecule has 0 bridgehead atoms. The summed E-state index contributed by atoms with van der Waals surface area (Å²) in [5, 5.41) is 22.8. The molecule has 1 unspecified atom stereocenters. The number of rotatable bonds is 6. The Morgan fingerprint density at radius 1 is 1.25 bits per heavy atom. The highest BCUT2D eigenvalue weighted by atomic mass is 35.5. The molecule has 2 aliphatic rings. The minimum absolute atomic E-state index is 0.0620. The van der Waals surface area contributed by atoms with Crippen molar-refractivity contribution in [3.63, 3.8) is 0 Å². The van der Waals surface area contributed by atoms with Crippen molar-refractivity contribution in [2.45, 2.75) is 36.9 Å². The van der Waals surface area contributed by atoms with E-state index in [-0.39, 0.29) is 34.3 Å². The third-order valence-corrected chi connectivity index (χ3v) is 9.12. The Bertz CT molecular complexity index is 1610. The number of nitrogens with two attached hydrogens (primary N) is 1. The first kappa shape index (κ1) is 28.1. The lowest BCUT2D eigenvalue weighted by molar-refractivity contribution is -0.118. The highest BCUT2D eigenvalue weighted by molar-refractivity contribution is 8.01. The number of allylic oxidation sites excluding steroid dienone is 3. The van der Waals surface area contributed by atoms with Gasteiger partial charge >= 0.3 is 0 Å². The second-order valence-corrected chi connectivity index (χ2v) is 13.1. The zero-order valence-electron chi connectivity index (χ0n) is 21.4. The Morgan fingerprint density at radius 2 is 2.02 bits per heavy atom. The molecule has 40 heavy (non-hydrogen) atoms. The molecule has 1 aromatic carbocycles. The lowest BCUT2D eigenvalue weighted by atomic mass is 9.68. The summed E-state index contributed by atoms with van der Waals surface area (Å²) < 4.78 is 0.525. The smallest absolute Gasteiger partial charge is 0.235 e. The van der Waals surface area contributed by atoms with Gasteiger partial charge in [-0.2, -0.15) is 5.26 Å². The SMILES string of the molecule is CC1(C)CC(=O)C2=C(C1)N(c1nnc(SCC(=O)Nc3ccc(Cl)cn3)s1)C(N)=C(C#N)C2c1ccccc1Cl. The van der Waals surface area contributed by atoms with Gasteiger partial charge in [0.15, 0.2) is 10.1 Å². The van der Waals surface area contributed by atoms with Crippen molar-refractivity contribution >= 4 is 68.9 Å². The lowest BCUT2D eigenvalue weighted by Gasteiger charge is -2.42. The molecule has 0 saturated heterocycles. The van der Waals surface area contributed by atoms with Crippen LogP contribution in [0.25, 0.3) is 0 Å². The summed E-state index contributed by atoms with van der Waals surface area (Å²) in [7, 11) is 0. The van der Waals surface area contributed by atoms with Gasteiger partial charge in [-0.3, -0.25) is 14.5 Å². The number of anilines is 2. The predicted octanol–water partition coefficient (Wildman–Crippen LogP) is 5.91. The second kappa shape index (κ2) is 11.2. The van der Waals surface area contributed by atoms with E-state index in [0.717, 1.165) is 0 Å². The Balaban J connectivity index is 1.47. The summed E-state index contributed by atoms with van der Waals surface area (Å²) in [5.41, 5.74) is 8.38.